The van der Waals surface area contributed by atoms with Crippen LogP contribution in [0.25, 0.3) is 0 Å². The molecule has 3 aliphatic rings. The molecule has 0 spiro atoms. The zero-order chi connectivity index (χ0) is 17.4. The van der Waals surface area contributed by atoms with Crippen LogP contribution < -0.4 is 4.90 Å². The molecule has 1 aliphatic carbocycles. The van der Waals surface area contributed by atoms with Crippen LogP contribution in [0, 0.1) is 11.8 Å². The highest BCUT2D eigenvalue weighted by Crippen LogP contribution is 2.35. The minimum Gasteiger partial charge on any atom is -0.312 e. The quantitative estimate of drug-likeness (QED) is 0.625. The third-order valence-corrected chi connectivity index (χ3v) is 5.56. The van der Waals surface area contributed by atoms with E-state index in [9.17, 15) is 14.4 Å². The van der Waals surface area contributed by atoms with E-state index in [1.807, 2.05) is 35.3 Å². The number of anilines is 1. The van der Waals surface area contributed by atoms with E-state index in [0.717, 1.165) is 18.7 Å². The van der Waals surface area contributed by atoms with Gasteiger partial charge in [0.05, 0.1) is 11.8 Å². The number of allylic oxidation sites excluding steroid dienone is 2. The highest BCUT2D eigenvalue weighted by molar-refractivity contribution is 6.05. The van der Waals surface area contributed by atoms with E-state index in [1.165, 1.54) is 10.5 Å². The first-order valence-electron chi connectivity index (χ1n) is 9.05. The number of benzene rings is 1. The maximum Gasteiger partial charge on any atom is 0.233 e. The topological polar surface area (TPSA) is 57.7 Å². The summed E-state index contributed by atoms with van der Waals surface area (Å²) in [5.74, 6) is -0.405. The average molecular weight is 338 g/mol. The smallest absolute Gasteiger partial charge is 0.233 e. The van der Waals surface area contributed by atoms with Gasteiger partial charge in [-0.1, -0.05) is 30.4 Å². The third-order valence-electron chi connectivity index (χ3n) is 5.56. The summed E-state index contributed by atoms with van der Waals surface area (Å²) in [5.41, 5.74) is 2.20. The molecule has 1 aromatic carbocycles. The minimum atomic E-state index is -0.182. The molecule has 1 saturated heterocycles. The number of carbonyl (C=O) groups is 3. The average Bonchev–Trinajstić information content (AvgIpc) is 3.17. The standard InChI is InChI=1S/C20H22N2O3/c23-18(21-13-11-14-6-1-4-9-17(14)21)10-5-12-22-19(24)15-7-2-3-8-16(15)20(22)25/h1-4,6,9,15-16H,5,7-8,10-13H2/t15-,16-/m1/s1. The monoisotopic (exact) mass is 338 g/mol. The lowest BCUT2D eigenvalue weighted by atomic mass is 9.85. The van der Waals surface area contributed by atoms with E-state index < -0.39 is 0 Å². The second kappa shape index (κ2) is 6.47. The van der Waals surface area contributed by atoms with Gasteiger partial charge in [0.25, 0.3) is 0 Å². The summed E-state index contributed by atoms with van der Waals surface area (Å²) in [6, 6.07) is 7.97. The van der Waals surface area contributed by atoms with Gasteiger partial charge in [-0.15, -0.1) is 0 Å². The van der Waals surface area contributed by atoms with Crippen molar-refractivity contribution in [3.8, 4) is 0 Å². The second-order valence-electron chi connectivity index (χ2n) is 7.01. The number of hydrogen-bond donors (Lipinski definition) is 0. The van der Waals surface area contributed by atoms with Gasteiger partial charge in [0.1, 0.15) is 0 Å². The Morgan fingerprint density at radius 2 is 1.72 bits per heavy atom. The van der Waals surface area contributed by atoms with Crippen molar-refractivity contribution in [3.63, 3.8) is 0 Å². The molecule has 5 heteroatoms. The highest BCUT2D eigenvalue weighted by atomic mass is 16.2. The van der Waals surface area contributed by atoms with Gasteiger partial charge in [-0.3, -0.25) is 19.3 Å². The second-order valence-corrected chi connectivity index (χ2v) is 7.01. The Kier molecular flexibility index (Phi) is 4.15. The van der Waals surface area contributed by atoms with Crippen molar-refractivity contribution in [1.82, 2.24) is 4.90 Å². The lowest BCUT2D eigenvalue weighted by Gasteiger charge is -2.19. The molecule has 3 amide bonds. The molecule has 4 rings (SSSR count). The molecular weight excluding hydrogens is 316 g/mol. The van der Waals surface area contributed by atoms with Gasteiger partial charge in [-0.25, -0.2) is 0 Å². The van der Waals surface area contributed by atoms with Crippen LogP contribution in [-0.4, -0.2) is 35.7 Å². The van der Waals surface area contributed by atoms with Crippen LogP contribution in [0.4, 0.5) is 5.69 Å². The Labute approximate surface area is 147 Å². The van der Waals surface area contributed by atoms with Crippen molar-refractivity contribution in [1.29, 1.82) is 0 Å². The minimum absolute atomic E-state index is 0.0571. The lowest BCUT2D eigenvalue weighted by Crippen LogP contribution is -2.34. The Balaban J connectivity index is 1.33. The first-order valence-corrected chi connectivity index (χ1v) is 9.05. The molecule has 1 fully saturated rings. The molecule has 2 atom stereocenters. The number of carbonyl (C=O) groups excluding carboxylic acids is 3. The van der Waals surface area contributed by atoms with Gasteiger partial charge in [0.2, 0.25) is 17.7 Å². The molecule has 2 aliphatic heterocycles. The molecule has 2 heterocycles. The molecule has 0 saturated carbocycles. The van der Waals surface area contributed by atoms with E-state index in [4.69, 9.17) is 0 Å². The van der Waals surface area contributed by atoms with Gasteiger partial charge in [0.15, 0.2) is 0 Å². The fourth-order valence-corrected chi connectivity index (χ4v) is 4.21. The largest absolute Gasteiger partial charge is 0.312 e. The number of likely N-dealkylation sites (tertiary alicyclic amines) is 1. The zero-order valence-corrected chi connectivity index (χ0v) is 14.2. The van der Waals surface area contributed by atoms with Gasteiger partial charge in [-0.2, -0.15) is 0 Å². The summed E-state index contributed by atoms with van der Waals surface area (Å²) in [6.07, 6.45) is 7.08. The maximum absolute atomic E-state index is 12.5. The number of imide groups is 1. The van der Waals surface area contributed by atoms with Crippen molar-refractivity contribution in [2.24, 2.45) is 11.8 Å². The van der Waals surface area contributed by atoms with Crippen molar-refractivity contribution in [2.45, 2.75) is 32.1 Å². The van der Waals surface area contributed by atoms with Crippen LogP contribution in [0.15, 0.2) is 36.4 Å². The van der Waals surface area contributed by atoms with Crippen LogP contribution in [-0.2, 0) is 20.8 Å². The van der Waals surface area contributed by atoms with Gasteiger partial charge in [-0.05, 0) is 37.3 Å². The fourth-order valence-electron chi connectivity index (χ4n) is 4.21. The molecular formula is C20H22N2O3. The Hall–Kier alpha value is -2.43. The van der Waals surface area contributed by atoms with Crippen LogP contribution in [0.3, 0.4) is 0 Å². The van der Waals surface area contributed by atoms with Crippen molar-refractivity contribution >= 4 is 23.4 Å². The first kappa shape index (κ1) is 16.1. The summed E-state index contributed by atoms with van der Waals surface area (Å²) >= 11 is 0. The molecule has 1 aromatic rings. The van der Waals surface area contributed by atoms with Crippen LogP contribution in [0.1, 0.15) is 31.2 Å². The summed E-state index contributed by atoms with van der Waals surface area (Å²) in [4.78, 5) is 40.6. The predicted octanol–water partition coefficient (Wildman–Crippen LogP) is 2.31. The number of para-hydroxylation sites is 1. The van der Waals surface area contributed by atoms with E-state index in [0.29, 0.717) is 32.2 Å². The van der Waals surface area contributed by atoms with Gasteiger partial charge >= 0.3 is 0 Å². The Bertz CT molecular complexity index is 729. The fraction of sp³-hybridized carbons (Fsp3) is 0.450. The first-order chi connectivity index (χ1) is 12.2. The van der Waals surface area contributed by atoms with Gasteiger partial charge < -0.3 is 4.90 Å². The highest BCUT2D eigenvalue weighted by Gasteiger charge is 2.46. The molecule has 0 bridgehead atoms. The van der Waals surface area contributed by atoms with Crippen LogP contribution >= 0.6 is 0 Å². The Morgan fingerprint density at radius 1 is 1.04 bits per heavy atom. The molecule has 0 unspecified atom stereocenters. The van der Waals surface area contributed by atoms with E-state index >= 15 is 0 Å². The molecule has 5 nitrogen and oxygen atoms in total. The number of hydrogen-bond acceptors (Lipinski definition) is 3. The van der Waals surface area contributed by atoms with Crippen molar-refractivity contribution in [3.05, 3.63) is 42.0 Å². The predicted molar refractivity (Wildman–Crippen MR) is 93.8 cm³/mol. The number of nitrogens with zero attached hydrogens (tertiary/aromatic N) is 2. The molecule has 130 valence electrons. The maximum atomic E-state index is 12.5. The third kappa shape index (κ3) is 2.77. The van der Waals surface area contributed by atoms with E-state index in [-0.39, 0.29) is 29.6 Å². The summed E-state index contributed by atoms with van der Waals surface area (Å²) in [7, 11) is 0. The zero-order valence-electron chi connectivity index (χ0n) is 14.2. The number of rotatable bonds is 4. The van der Waals surface area contributed by atoms with Crippen molar-refractivity contribution < 1.29 is 14.4 Å². The molecule has 0 N–H and O–H groups in total. The number of amides is 3. The summed E-state index contributed by atoms with van der Waals surface area (Å²) in [6.45, 7) is 1.07. The summed E-state index contributed by atoms with van der Waals surface area (Å²) in [5, 5.41) is 0. The SMILES string of the molecule is O=C1[C@@H]2CC=CC[C@H]2C(=O)N1CCCC(=O)N1CCc2ccccc21. The van der Waals surface area contributed by atoms with E-state index in [1.54, 1.807) is 0 Å². The van der Waals surface area contributed by atoms with Crippen molar-refractivity contribution in [2.75, 3.05) is 18.0 Å². The van der Waals surface area contributed by atoms with Gasteiger partial charge in [0, 0.05) is 25.2 Å². The molecule has 25 heavy (non-hydrogen) atoms. The Morgan fingerprint density at radius 3 is 2.44 bits per heavy atom. The normalized spacial score (nSPS) is 24.6. The molecule has 0 radical (unpaired) electrons. The lowest BCUT2D eigenvalue weighted by molar-refractivity contribution is -0.140. The van der Waals surface area contributed by atoms with Crippen LogP contribution in [0.5, 0.6) is 0 Å². The summed E-state index contributed by atoms with van der Waals surface area (Å²) < 4.78 is 0. The molecule has 0 aromatic heterocycles. The van der Waals surface area contributed by atoms with Crippen LogP contribution in [0.2, 0.25) is 0 Å². The number of fused-ring (bicyclic) bond motifs is 2. The van der Waals surface area contributed by atoms with E-state index in [2.05, 4.69) is 6.07 Å².